The number of amides is 2. The number of fused-ring (bicyclic) bond motifs is 2. The zero-order valence-corrected chi connectivity index (χ0v) is 20.2. The molecule has 7 heteroatoms. The van der Waals surface area contributed by atoms with Crippen LogP contribution in [0.25, 0.3) is 0 Å². The Balaban J connectivity index is 1.54. The van der Waals surface area contributed by atoms with Gasteiger partial charge in [0.2, 0.25) is 0 Å². The molecule has 0 bridgehead atoms. The Morgan fingerprint density at radius 1 is 0.943 bits per heavy atom. The fourth-order valence-electron chi connectivity index (χ4n) is 4.83. The molecule has 1 aliphatic heterocycles. The number of rotatable bonds is 4. The van der Waals surface area contributed by atoms with Crippen LogP contribution >= 0.6 is 0 Å². The molecule has 5 rings (SSSR count). The lowest BCUT2D eigenvalue weighted by Gasteiger charge is -2.24. The number of hydrogen-bond donors (Lipinski definition) is 1. The summed E-state index contributed by atoms with van der Waals surface area (Å²) in [6.07, 6.45) is 6.52. The highest BCUT2D eigenvalue weighted by molar-refractivity contribution is 7.85. The molecule has 1 saturated carbocycles. The first-order valence-corrected chi connectivity index (χ1v) is 13.2. The largest absolute Gasteiger partial charge is 0.349 e. The standard InChI is InChI=1S/C28H27FN2O3S/c29-21-14-11-19(12-15-21)18-31-24-17-20(27(32)30-22-7-3-1-2-4-8-22)13-16-26(24)35(34)25-10-6-5-9-23(25)28(31)33/h5-6,9-17,22H,1-4,7-8,18H2,(H,30,32)/t35-/m1/s1. The van der Waals surface area contributed by atoms with Crippen molar-refractivity contribution in [1.82, 2.24) is 5.32 Å². The van der Waals surface area contributed by atoms with Gasteiger partial charge in [0.05, 0.1) is 38.4 Å². The van der Waals surface area contributed by atoms with Crippen molar-refractivity contribution >= 4 is 28.3 Å². The summed E-state index contributed by atoms with van der Waals surface area (Å²) in [4.78, 5) is 29.3. The van der Waals surface area contributed by atoms with Crippen molar-refractivity contribution in [3.63, 3.8) is 0 Å². The number of anilines is 1. The van der Waals surface area contributed by atoms with Gasteiger partial charge in [-0.25, -0.2) is 8.60 Å². The van der Waals surface area contributed by atoms with Crippen molar-refractivity contribution in [2.24, 2.45) is 0 Å². The highest BCUT2D eigenvalue weighted by Crippen LogP contribution is 2.36. The molecule has 0 aromatic heterocycles. The van der Waals surface area contributed by atoms with Gasteiger partial charge in [-0.05, 0) is 60.9 Å². The summed E-state index contributed by atoms with van der Waals surface area (Å²) in [6.45, 7) is 0.158. The number of carbonyl (C=O) groups excluding carboxylic acids is 2. The van der Waals surface area contributed by atoms with Gasteiger partial charge in [-0.15, -0.1) is 0 Å². The van der Waals surface area contributed by atoms with Crippen LogP contribution in [0.3, 0.4) is 0 Å². The second-order valence-electron chi connectivity index (χ2n) is 9.13. The van der Waals surface area contributed by atoms with E-state index in [2.05, 4.69) is 5.32 Å². The van der Waals surface area contributed by atoms with E-state index in [1.807, 2.05) is 0 Å². The lowest BCUT2D eigenvalue weighted by molar-refractivity contribution is 0.0931. The minimum absolute atomic E-state index is 0.138. The van der Waals surface area contributed by atoms with E-state index in [1.165, 1.54) is 29.9 Å². The molecule has 35 heavy (non-hydrogen) atoms. The Labute approximate surface area is 206 Å². The molecular weight excluding hydrogens is 463 g/mol. The predicted molar refractivity (Wildman–Crippen MR) is 133 cm³/mol. The molecule has 2 amide bonds. The van der Waals surface area contributed by atoms with Crippen LogP contribution in [0.2, 0.25) is 0 Å². The third kappa shape index (κ3) is 4.91. The molecule has 0 radical (unpaired) electrons. The van der Waals surface area contributed by atoms with Crippen LogP contribution in [0.5, 0.6) is 0 Å². The zero-order valence-electron chi connectivity index (χ0n) is 19.3. The molecule has 1 atom stereocenters. The molecular formula is C28H27FN2O3S. The van der Waals surface area contributed by atoms with E-state index < -0.39 is 10.8 Å². The molecule has 0 unspecified atom stereocenters. The SMILES string of the molecule is O=C(NC1CCCCCC1)c1ccc2c(c1)N(Cc1ccc(F)cc1)C(=O)c1ccccc1[S@]2=O. The van der Waals surface area contributed by atoms with E-state index >= 15 is 0 Å². The number of hydrogen-bond acceptors (Lipinski definition) is 3. The van der Waals surface area contributed by atoms with E-state index in [-0.39, 0.29) is 30.2 Å². The Hall–Kier alpha value is -3.32. The first-order valence-electron chi connectivity index (χ1n) is 12.0. The van der Waals surface area contributed by atoms with Crippen LogP contribution in [0.4, 0.5) is 10.1 Å². The summed E-state index contributed by atoms with van der Waals surface area (Å²) in [5, 5.41) is 3.15. The van der Waals surface area contributed by atoms with Gasteiger partial charge in [0.25, 0.3) is 11.8 Å². The van der Waals surface area contributed by atoms with Gasteiger partial charge in [-0.1, -0.05) is 49.9 Å². The first kappa shape index (κ1) is 23.4. The topological polar surface area (TPSA) is 66.5 Å². The van der Waals surface area contributed by atoms with Gasteiger partial charge < -0.3 is 10.2 Å². The molecule has 0 spiro atoms. The lowest BCUT2D eigenvalue weighted by atomic mass is 10.1. The lowest BCUT2D eigenvalue weighted by Crippen LogP contribution is -2.35. The molecule has 1 heterocycles. The minimum Gasteiger partial charge on any atom is -0.349 e. The van der Waals surface area contributed by atoms with E-state index in [9.17, 15) is 18.2 Å². The quantitative estimate of drug-likeness (QED) is 0.484. The molecule has 3 aromatic rings. The fourth-order valence-corrected chi connectivity index (χ4v) is 6.17. The molecule has 1 fully saturated rings. The smallest absolute Gasteiger partial charge is 0.259 e. The van der Waals surface area contributed by atoms with Gasteiger partial charge in [-0.3, -0.25) is 9.59 Å². The van der Waals surface area contributed by atoms with E-state index in [4.69, 9.17) is 0 Å². The number of benzene rings is 3. The molecule has 2 aliphatic rings. The molecule has 0 saturated heterocycles. The average Bonchev–Trinajstić information content (AvgIpc) is 3.19. The summed E-state index contributed by atoms with van der Waals surface area (Å²) < 4.78 is 27.0. The highest BCUT2D eigenvalue weighted by atomic mass is 32.2. The van der Waals surface area contributed by atoms with Gasteiger partial charge in [0, 0.05) is 11.6 Å². The normalized spacial score (nSPS) is 18.3. The van der Waals surface area contributed by atoms with Crippen molar-refractivity contribution in [3.8, 4) is 0 Å². The zero-order chi connectivity index (χ0) is 24.4. The van der Waals surface area contributed by atoms with Gasteiger partial charge in [-0.2, -0.15) is 0 Å². The fraction of sp³-hybridized carbons (Fsp3) is 0.286. The number of nitrogens with one attached hydrogen (secondary N) is 1. The Bertz CT molecular complexity index is 1280. The number of nitrogens with zero attached hydrogens (tertiary/aromatic N) is 1. The Morgan fingerprint density at radius 3 is 2.40 bits per heavy atom. The Kier molecular flexibility index (Phi) is 6.77. The first-order chi connectivity index (χ1) is 17.0. The number of halogens is 1. The molecule has 1 aliphatic carbocycles. The summed E-state index contributed by atoms with van der Waals surface area (Å²) >= 11 is 0. The average molecular weight is 491 g/mol. The summed E-state index contributed by atoms with van der Waals surface area (Å²) in [7, 11) is -1.59. The minimum atomic E-state index is -1.59. The van der Waals surface area contributed by atoms with Gasteiger partial charge in [0.15, 0.2) is 0 Å². The van der Waals surface area contributed by atoms with E-state index in [1.54, 1.807) is 54.6 Å². The van der Waals surface area contributed by atoms with E-state index in [0.29, 0.717) is 26.6 Å². The van der Waals surface area contributed by atoms with Crippen LogP contribution in [-0.2, 0) is 17.3 Å². The maximum atomic E-state index is 13.7. The summed E-state index contributed by atoms with van der Waals surface area (Å²) in [5.41, 5.74) is 1.94. The monoisotopic (exact) mass is 490 g/mol. The second kappa shape index (κ2) is 10.1. The van der Waals surface area contributed by atoms with Crippen LogP contribution in [0, 0.1) is 5.82 Å². The van der Waals surface area contributed by atoms with Crippen LogP contribution in [0.1, 0.15) is 64.8 Å². The third-order valence-corrected chi connectivity index (χ3v) is 8.22. The van der Waals surface area contributed by atoms with Gasteiger partial charge >= 0.3 is 0 Å². The van der Waals surface area contributed by atoms with Crippen molar-refractivity contribution in [1.29, 1.82) is 0 Å². The van der Waals surface area contributed by atoms with E-state index in [0.717, 1.165) is 31.2 Å². The van der Waals surface area contributed by atoms with Crippen molar-refractivity contribution in [2.75, 3.05) is 4.90 Å². The summed E-state index contributed by atoms with van der Waals surface area (Å²) in [5.74, 6) is -0.861. The Morgan fingerprint density at radius 2 is 1.66 bits per heavy atom. The van der Waals surface area contributed by atoms with Crippen LogP contribution in [-0.4, -0.2) is 22.1 Å². The highest BCUT2D eigenvalue weighted by Gasteiger charge is 2.31. The van der Waals surface area contributed by atoms with Crippen molar-refractivity contribution in [3.05, 3.63) is 89.2 Å². The molecule has 180 valence electrons. The maximum absolute atomic E-state index is 13.7. The van der Waals surface area contributed by atoms with Crippen molar-refractivity contribution in [2.45, 2.75) is 60.9 Å². The van der Waals surface area contributed by atoms with Crippen molar-refractivity contribution < 1.29 is 18.2 Å². The molecule has 5 nitrogen and oxygen atoms in total. The molecule has 1 N–H and O–H groups in total. The second-order valence-corrected chi connectivity index (χ2v) is 10.5. The third-order valence-electron chi connectivity index (χ3n) is 6.72. The molecule has 3 aromatic carbocycles. The van der Waals surface area contributed by atoms with Crippen LogP contribution < -0.4 is 10.2 Å². The maximum Gasteiger partial charge on any atom is 0.259 e. The summed E-state index contributed by atoms with van der Waals surface area (Å²) in [6, 6.07) is 18.0. The van der Waals surface area contributed by atoms with Crippen LogP contribution in [0.15, 0.2) is 76.5 Å². The predicted octanol–water partition coefficient (Wildman–Crippen LogP) is 5.61. The van der Waals surface area contributed by atoms with Gasteiger partial charge in [0.1, 0.15) is 5.82 Å². The number of carbonyl (C=O) groups is 2.